The summed E-state index contributed by atoms with van der Waals surface area (Å²) >= 11 is 0. The number of rotatable bonds is 3. The summed E-state index contributed by atoms with van der Waals surface area (Å²) in [4.78, 5) is 26.2. The monoisotopic (exact) mass is 385 g/mol. The largest absolute Gasteiger partial charge is 0.490 e. The summed E-state index contributed by atoms with van der Waals surface area (Å²) < 4.78 is 18.2. The Hall–Kier alpha value is -3.16. The molecule has 1 aromatic carbocycles. The van der Waals surface area contributed by atoms with E-state index < -0.39 is 0 Å². The van der Waals surface area contributed by atoms with E-state index in [1.54, 1.807) is 34.7 Å². The molecule has 2 aliphatic rings. The van der Waals surface area contributed by atoms with Crippen molar-refractivity contribution in [1.82, 2.24) is 9.47 Å². The molecule has 2 aliphatic heterocycles. The maximum Gasteiger partial charge on any atom is 0.321 e. The second-order valence-corrected chi connectivity index (χ2v) is 7.03. The predicted molar refractivity (Wildman–Crippen MR) is 103 cm³/mol. The fraction of sp³-hybridized carbons (Fsp3) is 0.400. The predicted octanol–water partition coefficient (Wildman–Crippen LogP) is 2.50. The van der Waals surface area contributed by atoms with Gasteiger partial charge in [-0.15, -0.1) is 0 Å². The van der Waals surface area contributed by atoms with E-state index in [2.05, 4.69) is 5.32 Å². The van der Waals surface area contributed by atoms with Gasteiger partial charge in [-0.05, 0) is 25.1 Å². The molecule has 148 valence electrons. The van der Waals surface area contributed by atoms with E-state index in [0.29, 0.717) is 48.9 Å². The average molecular weight is 385 g/mol. The maximum atomic E-state index is 12.5. The minimum Gasteiger partial charge on any atom is -0.490 e. The van der Waals surface area contributed by atoms with Crippen LogP contribution >= 0.6 is 0 Å². The lowest BCUT2D eigenvalue weighted by Crippen LogP contribution is -2.43. The van der Waals surface area contributed by atoms with Crippen LogP contribution in [0, 0.1) is 6.92 Å². The summed E-state index contributed by atoms with van der Waals surface area (Å²) in [5.74, 6) is 1.90. The molecule has 2 amide bonds. The van der Waals surface area contributed by atoms with Gasteiger partial charge in [-0.1, -0.05) is 0 Å². The number of ether oxygens (including phenoxy) is 3. The third kappa shape index (κ3) is 3.76. The van der Waals surface area contributed by atoms with Gasteiger partial charge >= 0.3 is 6.03 Å². The third-order valence-corrected chi connectivity index (χ3v) is 5.13. The van der Waals surface area contributed by atoms with Crippen LogP contribution in [0.1, 0.15) is 18.5 Å². The number of nitrogens with zero attached hydrogens (tertiary/aromatic N) is 2. The molecule has 3 heterocycles. The normalized spacial score (nSPS) is 16.1. The lowest BCUT2D eigenvalue weighted by molar-refractivity contribution is 0.115. The lowest BCUT2D eigenvalue weighted by Gasteiger charge is -2.32. The molecule has 1 fully saturated rings. The topological polar surface area (TPSA) is 82.0 Å². The van der Waals surface area contributed by atoms with Gasteiger partial charge in [0.2, 0.25) is 6.79 Å². The van der Waals surface area contributed by atoms with Crippen molar-refractivity contribution in [3.05, 3.63) is 46.4 Å². The van der Waals surface area contributed by atoms with Crippen LogP contribution in [0.2, 0.25) is 0 Å². The van der Waals surface area contributed by atoms with Gasteiger partial charge in [0.05, 0.1) is 0 Å². The summed E-state index contributed by atoms with van der Waals surface area (Å²) in [5.41, 5.74) is 1.43. The number of urea groups is 1. The number of hydrogen-bond acceptors (Lipinski definition) is 5. The number of benzene rings is 1. The Morgan fingerprint density at radius 3 is 2.64 bits per heavy atom. The quantitative estimate of drug-likeness (QED) is 0.878. The van der Waals surface area contributed by atoms with E-state index in [1.807, 2.05) is 13.0 Å². The second kappa shape index (κ2) is 7.46. The van der Waals surface area contributed by atoms with Crippen LogP contribution < -0.4 is 25.1 Å². The zero-order valence-corrected chi connectivity index (χ0v) is 15.9. The Labute approximate surface area is 162 Å². The fourth-order valence-electron chi connectivity index (χ4n) is 3.35. The van der Waals surface area contributed by atoms with Crippen molar-refractivity contribution in [2.75, 3.05) is 25.2 Å². The van der Waals surface area contributed by atoms with Crippen LogP contribution in [0.5, 0.6) is 17.2 Å². The van der Waals surface area contributed by atoms with E-state index in [0.717, 1.165) is 5.69 Å². The first-order valence-electron chi connectivity index (χ1n) is 9.29. The SMILES string of the molecule is Cc1cc(OC2CCN(C(=O)Nc3ccc4c(c3)OCO4)CC2)cc(=O)n1C. The van der Waals surface area contributed by atoms with Crippen LogP contribution in [0.25, 0.3) is 0 Å². The van der Waals surface area contributed by atoms with Crippen LogP contribution in [0.15, 0.2) is 35.1 Å². The van der Waals surface area contributed by atoms with Crippen LogP contribution in [-0.2, 0) is 7.05 Å². The molecular weight excluding hydrogens is 362 g/mol. The van der Waals surface area contributed by atoms with E-state index in [-0.39, 0.29) is 24.5 Å². The van der Waals surface area contributed by atoms with Crippen LogP contribution in [0.4, 0.5) is 10.5 Å². The Kier molecular flexibility index (Phi) is 4.85. The fourth-order valence-corrected chi connectivity index (χ4v) is 3.35. The van der Waals surface area contributed by atoms with Gasteiger partial charge in [-0.25, -0.2) is 4.79 Å². The molecule has 0 bridgehead atoms. The van der Waals surface area contributed by atoms with Gasteiger partial charge < -0.3 is 29.0 Å². The second-order valence-electron chi connectivity index (χ2n) is 7.03. The highest BCUT2D eigenvalue weighted by atomic mass is 16.7. The van der Waals surface area contributed by atoms with Crippen molar-refractivity contribution in [3.8, 4) is 17.2 Å². The molecule has 28 heavy (non-hydrogen) atoms. The summed E-state index contributed by atoms with van der Waals surface area (Å²) in [6, 6.07) is 8.55. The Bertz CT molecular complexity index is 947. The van der Waals surface area contributed by atoms with Crippen molar-refractivity contribution >= 4 is 11.7 Å². The van der Waals surface area contributed by atoms with Crippen molar-refractivity contribution < 1.29 is 19.0 Å². The highest BCUT2D eigenvalue weighted by Gasteiger charge is 2.25. The molecule has 0 spiro atoms. The van der Waals surface area contributed by atoms with E-state index in [4.69, 9.17) is 14.2 Å². The molecule has 0 radical (unpaired) electrons. The summed E-state index contributed by atoms with van der Waals surface area (Å²) in [7, 11) is 1.73. The third-order valence-electron chi connectivity index (χ3n) is 5.13. The number of carbonyl (C=O) groups excluding carboxylic acids is 1. The molecule has 0 unspecified atom stereocenters. The van der Waals surface area contributed by atoms with Gasteiger partial charge in [-0.3, -0.25) is 4.79 Å². The summed E-state index contributed by atoms with van der Waals surface area (Å²) in [5, 5.41) is 2.89. The molecular formula is C20H23N3O5. The number of likely N-dealkylation sites (tertiary alicyclic amines) is 1. The lowest BCUT2D eigenvalue weighted by atomic mass is 10.1. The number of piperidine rings is 1. The highest BCUT2D eigenvalue weighted by Crippen LogP contribution is 2.34. The number of nitrogens with one attached hydrogen (secondary N) is 1. The Morgan fingerprint density at radius 1 is 1.14 bits per heavy atom. The van der Waals surface area contributed by atoms with Crippen molar-refractivity contribution in [2.24, 2.45) is 7.05 Å². The molecule has 1 N–H and O–H groups in total. The number of aromatic nitrogens is 1. The van der Waals surface area contributed by atoms with Gasteiger partial charge in [0.15, 0.2) is 11.5 Å². The molecule has 0 atom stereocenters. The number of fused-ring (bicyclic) bond motifs is 1. The molecule has 8 heteroatoms. The molecule has 0 saturated carbocycles. The number of amides is 2. The average Bonchev–Trinajstić information content (AvgIpc) is 3.14. The van der Waals surface area contributed by atoms with Gasteiger partial charge in [-0.2, -0.15) is 0 Å². The van der Waals surface area contributed by atoms with Crippen LogP contribution in [0.3, 0.4) is 0 Å². The maximum absolute atomic E-state index is 12.5. The molecule has 0 aliphatic carbocycles. The number of pyridine rings is 1. The number of aryl methyl sites for hydroxylation is 1. The zero-order chi connectivity index (χ0) is 19.7. The standard InChI is InChI=1S/C20H23N3O5/c1-13-9-16(11-19(24)22(13)2)28-15-5-7-23(8-6-15)20(25)21-14-3-4-17-18(10-14)27-12-26-17/h3-4,9-11,15H,5-8,12H2,1-2H3,(H,21,25). The van der Waals surface area contributed by atoms with E-state index >= 15 is 0 Å². The first-order chi connectivity index (χ1) is 13.5. The first kappa shape index (κ1) is 18.2. The molecule has 1 aromatic heterocycles. The summed E-state index contributed by atoms with van der Waals surface area (Å²) in [6.45, 7) is 3.25. The van der Waals surface area contributed by atoms with Gasteiger partial charge in [0.25, 0.3) is 5.56 Å². The van der Waals surface area contributed by atoms with Crippen molar-refractivity contribution in [1.29, 1.82) is 0 Å². The highest BCUT2D eigenvalue weighted by molar-refractivity contribution is 5.89. The number of carbonyl (C=O) groups is 1. The molecule has 8 nitrogen and oxygen atoms in total. The zero-order valence-electron chi connectivity index (χ0n) is 15.9. The minimum absolute atomic E-state index is 0.0129. The van der Waals surface area contributed by atoms with Crippen molar-refractivity contribution in [3.63, 3.8) is 0 Å². The molecule has 2 aromatic rings. The molecule has 4 rings (SSSR count). The smallest absolute Gasteiger partial charge is 0.321 e. The van der Waals surface area contributed by atoms with E-state index in [9.17, 15) is 9.59 Å². The molecule has 1 saturated heterocycles. The number of hydrogen-bond donors (Lipinski definition) is 1. The van der Waals surface area contributed by atoms with Gasteiger partial charge in [0.1, 0.15) is 11.9 Å². The summed E-state index contributed by atoms with van der Waals surface area (Å²) in [6.07, 6.45) is 1.41. The Balaban J connectivity index is 1.31. The Morgan fingerprint density at radius 2 is 1.89 bits per heavy atom. The number of anilines is 1. The minimum atomic E-state index is -0.151. The van der Waals surface area contributed by atoms with Gasteiger partial charge in [0, 0.05) is 56.5 Å². The van der Waals surface area contributed by atoms with Crippen LogP contribution in [-0.4, -0.2) is 41.5 Å². The first-order valence-corrected chi connectivity index (χ1v) is 9.29. The van der Waals surface area contributed by atoms with E-state index in [1.165, 1.54) is 6.07 Å². The van der Waals surface area contributed by atoms with Crippen molar-refractivity contribution in [2.45, 2.75) is 25.9 Å².